The van der Waals surface area contributed by atoms with Crippen molar-refractivity contribution in [3.8, 4) is 0 Å². The van der Waals surface area contributed by atoms with E-state index in [9.17, 15) is 4.79 Å². The first kappa shape index (κ1) is 14.6. The van der Waals surface area contributed by atoms with E-state index in [1.165, 1.54) is 0 Å². The Balaban J connectivity index is 2.26. The highest BCUT2D eigenvalue weighted by molar-refractivity contribution is 5.91. The molecule has 0 aliphatic heterocycles. The van der Waals surface area contributed by atoms with Crippen LogP contribution in [0.3, 0.4) is 0 Å². The minimum Gasteiger partial charge on any atom is -0.390 e. The van der Waals surface area contributed by atoms with E-state index in [0.29, 0.717) is 18.0 Å². The van der Waals surface area contributed by atoms with Crippen LogP contribution in [0, 0.1) is 0 Å². The molecule has 0 aliphatic rings. The van der Waals surface area contributed by atoms with Gasteiger partial charge in [-0.1, -0.05) is 19.8 Å². The third kappa shape index (κ3) is 5.75. The van der Waals surface area contributed by atoms with Crippen LogP contribution in [0.4, 0.5) is 5.69 Å². The molecule has 0 saturated carbocycles. The van der Waals surface area contributed by atoms with Crippen molar-refractivity contribution in [3.05, 3.63) is 24.0 Å². The van der Waals surface area contributed by atoms with Gasteiger partial charge in [0.15, 0.2) is 0 Å². The molecule has 1 aromatic heterocycles. The summed E-state index contributed by atoms with van der Waals surface area (Å²) in [6.07, 6.45) is 4.78. The van der Waals surface area contributed by atoms with Gasteiger partial charge in [0.05, 0.1) is 12.3 Å². The molecule has 0 fully saturated rings. The van der Waals surface area contributed by atoms with E-state index in [2.05, 4.69) is 17.2 Å². The Morgan fingerprint density at radius 2 is 2.33 bits per heavy atom. The van der Waals surface area contributed by atoms with Crippen molar-refractivity contribution < 1.29 is 14.6 Å². The predicted molar refractivity (Wildman–Crippen MR) is 69.1 cm³/mol. The number of carbonyl (C=O) groups excluding carboxylic acids is 1. The molecule has 2 N–H and O–H groups in total. The molecule has 1 amide bonds. The molecule has 0 aliphatic carbocycles. The Bertz CT molecular complexity index is 369. The quantitative estimate of drug-likeness (QED) is 0.691. The molecular formula is C13H20N2O3. The number of hydrogen-bond donors (Lipinski definition) is 2. The zero-order chi connectivity index (χ0) is 13.2. The molecule has 0 unspecified atom stereocenters. The van der Waals surface area contributed by atoms with Gasteiger partial charge in [-0.05, 0) is 18.6 Å². The lowest BCUT2D eigenvalue weighted by molar-refractivity contribution is -0.120. The number of nitrogens with one attached hydrogen (secondary N) is 1. The zero-order valence-electron chi connectivity index (χ0n) is 10.7. The van der Waals surface area contributed by atoms with E-state index in [4.69, 9.17) is 9.84 Å². The van der Waals surface area contributed by atoms with Crippen LogP contribution in [-0.2, 0) is 16.1 Å². The summed E-state index contributed by atoms with van der Waals surface area (Å²) in [4.78, 5) is 15.5. The number of aliphatic hydroxyl groups is 1. The predicted octanol–water partition coefficient (Wildman–Crippen LogP) is 1.72. The van der Waals surface area contributed by atoms with Crippen molar-refractivity contribution in [1.82, 2.24) is 4.98 Å². The fourth-order valence-electron chi connectivity index (χ4n) is 1.46. The molecule has 100 valence electrons. The van der Waals surface area contributed by atoms with Gasteiger partial charge in [-0.25, -0.2) is 0 Å². The van der Waals surface area contributed by atoms with Gasteiger partial charge >= 0.3 is 0 Å². The number of unbranched alkanes of at least 4 members (excludes halogenated alkanes) is 2. The standard InChI is InChI=1S/C13H20N2O3/c1-2-3-4-7-18-10-13(17)15-11-5-6-14-12(8-11)9-16/h5-6,8,16H,2-4,7,9-10H2,1H3,(H,14,15,17). The van der Waals surface area contributed by atoms with Crippen molar-refractivity contribution in [2.45, 2.75) is 32.8 Å². The third-order valence-corrected chi connectivity index (χ3v) is 2.39. The average Bonchev–Trinajstić information content (AvgIpc) is 2.38. The lowest BCUT2D eigenvalue weighted by Gasteiger charge is -2.06. The fourth-order valence-corrected chi connectivity index (χ4v) is 1.46. The largest absolute Gasteiger partial charge is 0.390 e. The maximum absolute atomic E-state index is 11.5. The van der Waals surface area contributed by atoms with Crippen molar-refractivity contribution >= 4 is 11.6 Å². The molecule has 0 spiro atoms. The molecule has 1 heterocycles. The SMILES string of the molecule is CCCCCOCC(=O)Nc1ccnc(CO)c1. The summed E-state index contributed by atoms with van der Waals surface area (Å²) in [5.74, 6) is -0.193. The van der Waals surface area contributed by atoms with Crippen molar-refractivity contribution in [3.63, 3.8) is 0 Å². The summed E-state index contributed by atoms with van der Waals surface area (Å²) in [5, 5.41) is 11.6. The van der Waals surface area contributed by atoms with E-state index in [0.717, 1.165) is 19.3 Å². The zero-order valence-corrected chi connectivity index (χ0v) is 10.7. The number of carbonyl (C=O) groups is 1. The Kier molecular flexibility index (Phi) is 6.98. The number of aliphatic hydroxyl groups excluding tert-OH is 1. The van der Waals surface area contributed by atoms with Crippen LogP contribution in [0.15, 0.2) is 18.3 Å². The molecule has 0 atom stereocenters. The van der Waals surface area contributed by atoms with E-state index in [1.54, 1.807) is 18.3 Å². The maximum Gasteiger partial charge on any atom is 0.250 e. The third-order valence-electron chi connectivity index (χ3n) is 2.39. The number of ether oxygens (including phenoxy) is 1. The van der Waals surface area contributed by atoms with E-state index >= 15 is 0 Å². The highest BCUT2D eigenvalue weighted by atomic mass is 16.5. The van der Waals surface area contributed by atoms with Gasteiger partial charge in [0.1, 0.15) is 6.61 Å². The molecule has 0 bridgehead atoms. The number of rotatable bonds is 8. The van der Waals surface area contributed by atoms with Gasteiger partial charge in [0.2, 0.25) is 5.91 Å². The molecule has 1 aromatic rings. The normalized spacial score (nSPS) is 10.3. The maximum atomic E-state index is 11.5. The van der Waals surface area contributed by atoms with E-state index in [-0.39, 0.29) is 19.1 Å². The Labute approximate surface area is 107 Å². The van der Waals surface area contributed by atoms with Crippen molar-refractivity contribution in [2.24, 2.45) is 0 Å². The van der Waals surface area contributed by atoms with Gasteiger partial charge in [-0.2, -0.15) is 0 Å². The number of anilines is 1. The van der Waals surface area contributed by atoms with Gasteiger partial charge in [-0.3, -0.25) is 9.78 Å². The van der Waals surface area contributed by atoms with Crippen LogP contribution in [-0.4, -0.2) is 29.2 Å². The number of aromatic nitrogens is 1. The van der Waals surface area contributed by atoms with Crippen molar-refractivity contribution in [2.75, 3.05) is 18.5 Å². The summed E-state index contributed by atoms with van der Waals surface area (Å²) in [5.41, 5.74) is 1.15. The number of pyridine rings is 1. The van der Waals surface area contributed by atoms with E-state index < -0.39 is 0 Å². The molecule has 1 rings (SSSR count). The lowest BCUT2D eigenvalue weighted by Crippen LogP contribution is -2.18. The smallest absolute Gasteiger partial charge is 0.250 e. The second-order valence-electron chi connectivity index (χ2n) is 4.00. The monoisotopic (exact) mass is 252 g/mol. The number of amides is 1. The van der Waals surface area contributed by atoms with Crippen LogP contribution in [0.25, 0.3) is 0 Å². The topological polar surface area (TPSA) is 71.5 Å². The summed E-state index contributed by atoms with van der Waals surface area (Å²) in [6.45, 7) is 2.64. The Hall–Kier alpha value is -1.46. The highest BCUT2D eigenvalue weighted by Crippen LogP contribution is 2.07. The van der Waals surface area contributed by atoms with Crippen LogP contribution in [0.2, 0.25) is 0 Å². The van der Waals surface area contributed by atoms with Crippen molar-refractivity contribution in [1.29, 1.82) is 0 Å². The molecule has 0 aromatic carbocycles. The average molecular weight is 252 g/mol. The molecule has 5 heteroatoms. The highest BCUT2D eigenvalue weighted by Gasteiger charge is 2.03. The first-order chi connectivity index (χ1) is 8.76. The summed E-state index contributed by atoms with van der Waals surface area (Å²) < 4.78 is 5.25. The summed E-state index contributed by atoms with van der Waals surface area (Å²) in [6, 6.07) is 3.31. The van der Waals surface area contributed by atoms with Crippen LogP contribution in [0.1, 0.15) is 31.9 Å². The first-order valence-electron chi connectivity index (χ1n) is 6.19. The van der Waals surface area contributed by atoms with Crippen LogP contribution in [0.5, 0.6) is 0 Å². The summed E-state index contributed by atoms with van der Waals surface area (Å²) >= 11 is 0. The second kappa shape index (κ2) is 8.60. The molecule has 18 heavy (non-hydrogen) atoms. The van der Waals surface area contributed by atoms with Gasteiger partial charge in [-0.15, -0.1) is 0 Å². The lowest BCUT2D eigenvalue weighted by atomic mass is 10.3. The fraction of sp³-hybridized carbons (Fsp3) is 0.538. The molecule has 5 nitrogen and oxygen atoms in total. The second-order valence-corrected chi connectivity index (χ2v) is 4.00. The Morgan fingerprint density at radius 3 is 3.06 bits per heavy atom. The van der Waals surface area contributed by atoms with Crippen LogP contribution < -0.4 is 5.32 Å². The first-order valence-corrected chi connectivity index (χ1v) is 6.19. The minimum atomic E-state index is -0.193. The minimum absolute atomic E-state index is 0.0560. The van der Waals surface area contributed by atoms with Gasteiger partial charge in [0, 0.05) is 18.5 Å². The molecule has 0 radical (unpaired) electrons. The van der Waals surface area contributed by atoms with Gasteiger partial charge < -0.3 is 15.2 Å². The van der Waals surface area contributed by atoms with Gasteiger partial charge in [0.25, 0.3) is 0 Å². The summed E-state index contributed by atoms with van der Waals surface area (Å²) in [7, 11) is 0. The number of hydrogen-bond acceptors (Lipinski definition) is 4. The van der Waals surface area contributed by atoms with E-state index in [1.807, 2.05) is 0 Å². The molecular weight excluding hydrogens is 232 g/mol. The molecule has 0 saturated heterocycles. The Morgan fingerprint density at radius 1 is 1.50 bits per heavy atom. The number of nitrogens with zero attached hydrogens (tertiary/aromatic N) is 1. The van der Waals surface area contributed by atoms with Crippen LogP contribution >= 0.6 is 0 Å².